The lowest BCUT2D eigenvalue weighted by atomic mass is 10.2. The molecule has 0 saturated heterocycles. The van der Waals surface area contributed by atoms with Crippen LogP contribution >= 0.6 is 0 Å². The van der Waals surface area contributed by atoms with Crippen molar-refractivity contribution in [3.8, 4) is 5.75 Å². The summed E-state index contributed by atoms with van der Waals surface area (Å²) in [5.41, 5.74) is 1.49. The lowest BCUT2D eigenvalue weighted by Crippen LogP contribution is -2.03. The molecular weight excluding hydrogens is 178 g/mol. The molecule has 0 amide bonds. The van der Waals surface area contributed by atoms with Gasteiger partial charge in [0.05, 0.1) is 17.4 Å². The summed E-state index contributed by atoms with van der Waals surface area (Å²) in [4.78, 5) is 10.8. The van der Waals surface area contributed by atoms with Gasteiger partial charge >= 0.3 is 0 Å². The van der Waals surface area contributed by atoms with Crippen molar-refractivity contribution in [1.82, 2.24) is 0 Å². The summed E-state index contributed by atoms with van der Waals surface area (Å²) < 4.78 is 5.68. The molecule has 1 saturated carbocycles. The summed E-state index contributed by atoms with van der Waals surface area (Å²) in [6.07, 6.45) is 3.33. The highest BCUT2D eigenvalue weighted by molar-refractivity contribution is 5.83. The van der Waals surface area contributed by atoms with Crippen molar-refractivity contribution in [2.45, 2.75) is 18.9 Å². The lowest BCUT2D eigenvalue weighted by molar-refractivity contribution is 0.111. The topological polar surface area (TPSA) is 38.3 Å². The standard InChI is InChI=1S/C11H13NO2/c1-12-10-4-2-3-8(7-13)11(10)14-9-5-6-9/h2-4,7,9,12H,5-6H2,1H3. The molecule has 1 fully saturated rings. The van der Waals surface area contributed by atoms with Crippen molar-refractivity contribution in [2.75, 3.05) is 12.4 Å². The normalized spacial score (nSPS) is 14.9. The Bertz CT molecular complexity index is 345. The fraction of sp³-hybridized carbons (Fsp3) is 0.364. The van der Waals surface area contributed by atoms with Crippen LogP contribution in [0.2, 0.25) is 0 Å². The first-order valence-corrected chi connectivity index (χ1v) is 4.77. The van der Waals surface area contributed by atoms with Crippen molar-refractivity contribution < 1.29 is 9.53 Å². The maximum absolute atomic E-state index is 10.8. The summed E-state index contributed by atoms with van der Waals surface area (Å²) in [7, 11) is 1.82. The molecule has 0 aliphatic heterocycles. The number of ether oxygens (including phenoxy) is 1. The number of rotatable bonds is 4. The molecule has 1 N–H and O–H groups in total. The Labute approximate surface area is 83.1 Å². The zero-order valence-corrected chi connectivity index (χ0v) is 8.12. The Morgan fingerprint density at radius 1 is 1.50 bits per heavy atom. The van der Waals surface area contributed by atoms with Crippen LogP contribution in [0.15, 0.2) is 18.2 Å². The van der Waals surface area contributed by atoms with E-state index < -0.39 is 0 Å². The highest BCUT2D eigenvalue weighted by atomic mass is 16.5. The monoisotopic (exact) mass is 191 g/mol. The molecule has 0 atom stereocenters. The van der Waals surface area contributed by atoms with E-state index in [-0.39, 0.29) is 0 Å². The van der Waals surface area contributed by atoms with Gasteiger partial charge in [-0.05, 0) is 25.0 Å². The van der Waals surface area contributed by atoms with Gasteiger partial charge in [0.25, 0.3) is 0 Å². The van der Waals surface area contributed by atoms with Crippen LogP contribution < -0.4 is 10.1 Å². The molecule has 1 aromatic carbocycles. The molecule has 3 heteroatoms. The molecule has 1 aliphatic carbocycles. The van der Waals surface area contributed by atoms with Gasteiger partial charge in [0.15, 0.2) is 12.0 Å². The minimum Gasteiger partial charge on any atom is -0.488 e. The smallest absolute Gasteiger partial charge is 0.153 e. The van der Waals surface area contributed by atoms with Crippen LogP contribution in [0.4, 0.5) is 5.69 Å². The molecule has 14 heavy (non-hydrogen) atoms. The average Bonchev–Trinajstić information content (AvgIpc) is 3.02. The predicted molar refractivity (Wildman–Crippen MR) is 55.0 cm³/mol. The third-order valence-electron chi connectivity index (χ3n) is 2.25. The summed E-state index contributed by atoms with van der Waals surface area (Å²) in [5, 5.41) is 3.02. The third kappa shape index (κ3) is 1.71. The Morgan fingerprint density at radius 2 is 2.29 bits per heavy atom. The van der Waals surface area contributed by atoms with Crippen LogP contribution in [-0.2, 0) is 0 Å². The number of anilines is 1. The van der Waals surface area contributed by atoms with Crippen LogP contribution in [0.25, 0.3) is 0 Å². The van der Waals surface area contributed by atoms with E-state index in [0.29, 0.717) is 17.4 Å². The summed E-state index contributed by atoms with van der Waals surface area (Å²) >= 11 is 0. The minimum atomic E-state index is 0.309. The van der Waals surface area contributed by atoms with Gasteiger partial charge < -0.3 is 10.1 Å². The number of nitrogens with one attached hydrogen (secondary N) is 1. The Kier molecular flexibility index (Phi) is 2.39. The van der Waals surface area contributed by atoms with E-state index in [0.717, 1.165) is 24.8 Å². The molecule has 0 bridgehead atoms. The quantitative estimate of drug-likeness (QED) is 0.740. The molecule has 3 nitrogen and oxygen atoms in total. The second-order valence-electron chi connectivity index (χ2n) is 3.41. The highest BCUT2D eigenvalue weighted by Crippen LogP contribution is 2.34. The molecule has 2 rings (SSSR count). The van der Waals surface area contributed by atoms with E-state index in [9.17, 15) is 4.79 Å². The summed E-state index contributed by atoms with van der Waals surface area (Å²) in [6, 6.07) is 5.52. The molecule has 1 aliphatic rings. The van der Waals surface area contributed by atoms with Crippen LogP contribution in [0.1, 0.15) is 23.2 Å². The fourth-order valence-corrected chi connectivity index (χ4v) is 1.33. The van der Waals surface area contributed by atoms with Gasteiger partial charge in [0, 0.05) is 7.05 Å². The van der Waals surface area contributed by atoms with Gasteiger partial charge in [-0.25, -0.2) is 0 Å². The Balaban J connectivity index is 2.33. The summed E-state index contributed by atoms with van der Waals surface area (Å²) in [5.74, 6) is 0.688. The molecular formula is C11H13NO2. The first kappa shape index (κ1) is 9.06. The minimum absolute atomic E-state index is 0.309. The maximum atomic E-state index is 10.8. The summed E-state index contributed by atoms with van der Waals surface area (Å²) in [6.45, 7) is 0. The Morgan fingerprint density at radius 3 is 2.86 bits per heavy atom. The molecule has 1 aromatic rings. The van der Waals surface area contributed by atoms with Crippen LogP contribution in [0.5, 0.6) is 5.75 Å². The van der Waals surface area contributed by atoms with Crippen LogP contribution in [0.3, 0.4) is 0 Å². The van der Waals surface area contributed by atoms with E-state index in [1.807, 2.05) is 19.2 Å². The van der Waals surface area contributed by atoms with Crippen molar-refractivity contribution in [2.24, 2.45) is 0 Å². The largest absolute Gasteiger partial charge is 0.488 e. The predicted octanol–water partition coefficient (Wildman–Crippen LogP) is 2.08. The number of carbonyl (C=O) groups is 1. The Hall–Kier alpha value is -1.51. The molecule has 74 valence electrons. The first-order valence-electron chi connectivity index (χ1n) is 4.77. The van der Waals surface area contributed by atoms with Crippen molar-refractivity contribution in [1.29, 1.82) is 0 Å². The maximum Gasteiger partial charge on any atom is 0.153 e. The number of hydrogen-bond acceptors (Lipinski definition) is 3. The van der Waals surface area contributed by atoms with Gasteiger partial charge in [-0.2, -0.15) is 0 Å². The van der Waals surface area contributed by atoms with Gasteiger partial charge in [-0.1, -0.05) is 6.07 Å². The zero-order valence-electron chi connectivity index (χ0n) is 8.12. The lowest BCUT2D eigenvalue weighted by Gasteiger charge is -2.12. The third-order valence-corrected chi connectivity index (χ3v) is 2.25. The first-order chi connectivity index (χ1) is 6.85. The number of para-hydroxylation sites is 1. The molecule has 0 spiro atoms. The van der Waals surface area contributed by atoms with E-state index in [4.69, 9.17) is 4.74 Å². The van der Waals surface area contributed by atoms with Crippen LogP contribution in [-0.4, -0.2) is 19.4 Å². The fourth-order valence-electron chi connectivity index (χ4n) is 1.33. The number of hydrogen-bond donors (Lipinski definition) is 1. The van der Waals surface area contributed by atoms with E-state index in [1.165, 1.54) is 0 Å². The second-order valence-corrected chi connectivity index (χ2v) is 3.41. The van der Waals surface area contributed by atoms with E-state index >= 15 is 0 Å². The SMILES string of the molecule is CNc1cccc(C=O)c1OC1CC1. The van der Waals surface area contributed by atoms with Crippen molar-refractivity contribution >= 4 is 12.0 Å². The molecule has 0 unspecified atom stereocenters. The second kappa shape index (κ2) is 3.70. The van der Waals surface area contributed by atoms with Crippen molar-refractivity contribution in [3.05, 3.63) is 23.8 Å². The number of aldehydes is 1. The van der Waals surface area contributed by atoms with Gasteiger partial charge in [0.1, 0.15) is 0 Å². The molecule has 0 aromatic heterocycles. The van der Waals surface area contributed by atoms with Crippen LogP contribution in [0, 0.1) is 0 Å². The average molecular weight is 191 g/mol. The number of carbonyl (C=O) groups excluding carboxylic acids is 1. The van der Waals surface area contributed by atoms with E-state index in [2.05, 4.69) is 5.32 Å². The van der Waals surface area contributed by atoms with Crippen molar-refractivity contribution in [3.63, 3.8) is 0 Å². The highest BCUT2D eigenvalue weighted by Gasteiger charge is 2.25. The molecule has 0 heterocycles. The van der Waals surface area contributed by atoms with Gasteiger partial charge in [0.2, 0.25) is 0 Å². The number of benzene rings is 1. The van der Waals surface area contributed by atoms with Gasteiger partial charge in [-0.15, -0.1) is 0 Å². The molecule has 0 radical (unpaired) electrons. The van der Waals surface area contributed by atoms with E-state index in [1.54, 1.807) is 6.07 Å². The zero-order chi connectivity index (χ0) is 9.97. The van der Waals surface area contributed by atoms with Gasteiger partial charge in [-0.3, -0.25) is 4.79 Å².